The van der Waals surface area contributed by atoms with Gasteiger partial charge in [0.15, 0.2) is 17.5 Å². The number of hydrogen-bond donors (Lipinski definition) is 1. The van der Waals surface area contributed by atoms with Crippen LogP contribution in [0.25, 0.3) is 0 Å². The monoisotopic (exact) mass is 338 g/mol. The molecule has 0 aromatic heterocycles. The second kappa shape index (κ2) is 6.69. The van der Waals surface area contributed by atoms with Gasteiger partial charge < -0.3 is 14.8 Å². The van der Waals surface area contributed by atoms with Crippen LogP contribution < -0.4 is 5.32 Å². The van der Waals surface area contributed by atoms with Crippen molar-refractivity contribution in [2.45, 2.75) is 38.5 Å². The average molecular weight is 338 g/mol. The van der Waals surface area contributed by atoms with Crippen LogP contribution in [-0.2, 0) is 9.47 Å². The summed E-state index contributed by atoms with van der Waals surface area (Å²) in [5.41, 5.74) is 0.581. The van der Waals surface area contributed by atoms with E-state index in [4.69, 9.17) is 9.47 Å². The fourth-order valence-electron chi connectivity index (χ4n) is 3.10. The van der Waals surface area contributed by atoms with Crippen LogP contribution in [0.3, 0.4) is 0 Å². The molecule has 4 nitrogen and oxygen atoms in total. The predicted octanol–water partition coefficient (Wildman–Crippen LogP) is 2.97. The van der Waals surface area contributed by atoms with Gasteiger partial charge in [0.05, 0.1) is 12.7 Å². The Morgan fingerprint density at radius 3 is 2.75 bits per heavy atom. The van der Waals surface area contributed by atoms with Crippen LogP contribution in [0, 0.1) is 11.6 Å². The Hall–Kier alpha value is -1.66. The zero-order valence-electron chi connectivity index (χ0n) is 14.3. The molecule has 2 heterocycles. The van der Waals surface area contributed by atoms with Crippen LogP contribution in [0.5, 0.6) is 0 Å². The smallest absolute Gasteiger partial charge is 0.187 e. The molecule has 1 unspecified atom stereocenters. The molecule has 0 saturated carbocycles. The summed E-state index contributed by atoms with van der Waals surface area (Å²) in [6.07, 6.45) is 2.07. The highest BCUT2D eigenvalue weighted by atomic mass is 19.2. The van der Waals surface area contributed by atoms with E-state index in [-0.39, 0.29) is 17.7 Å². The number of hydrogen-bond acceptors (Lipinski definition) is 4. The number of ether oxygens (including phenoxy) is 2. The van der Waals surface area contributed by atoms with E-state index in [1.807, 2.05) is 26.8 Å². The SMILES string of the molecule is CC(c1ccc(F)c(F)c1)N1CCO[C@@H](CNC2=CC(C)(C)O2)C1. The fraction of sp³-hybridized carbons (Fsp3) is 0.556. The summed E-state index contributed by atoms with van der Waals surface area (Å²) in [6.45, 7) is 8.77. The number of rotatable bonds is 5. The van der Waals surface area contributed by atoms with E-state index in [1.54, 1.807) is 6.07 Å². The predicted molar refractivity (Wildman–Crippen MR) is 87.3 cm³/mol. The number of nitrogens with one attached hydrogen (secondary N) is 1. The molecule has 0 bridgehead atoms. The highest BCUT2D eigenvalue weighted by molar-refractivity contribution is 5.21. The second-order valence-electron chi connectivity index (χ2n) is 6.93. The molecule has 0 aliphatic carbocycles. The molecule has 3 rings (SSSR count). The van der Waals surface area contributed by atoms with Gasteiger partial charge in [0.25, 0.3) is 0 Å². The molecular formula is C18H24F2N2O2. The summed E-state index contributed by atoms with van der Waals surface area (Å²) in [7, 11) is 0. The summed E-state index contributed by atoms with van der Waals surface area (Å²) in [5, 5.41) is 3.24. The van der Waals surface area contributed by atoms with Crippen molar-refractivity contribution in [2.24, 2.45) is 0 Å². The number of halogens is 2. The minimum atomic E-state index is -0.813. The molecule has 1 N–H and O–H groups in total. The standard InChI is InChI=1S/C18H24F2N2O2/c1-12(13-4-5-15(19)16(20)8-13)22-6-7-23-14(11-22)10-21-17-9-18(2,3)24-17/h4-5,8-9,12,14,21H,6-7,10-11H2,1-3H3/t12?,14-/m0/s1. The van der Waals surface area contributed by atoms with Crippen molar-refractivity contribution in [1.29, 1.82) is 0 Å². The summed E-state index contributed by atoms with van der Waals surface area (Å²) < 4.78 is 37.9. The summed E-state index contributed by atoms with van der Waals surface area (Å²) in [5.74, 6) is -0.830. The molecule has 0 amide bonds. The van der Waals surface area contributed by atoms with Gasteiger partial charge in [0, 0.05) is 31.8 Å². The lowest BCUT2D eigenvalue weighted by molar-refractivity contribution is -0.0462. The van der Waals surface area contributed by atoms with E-state index in [0.717, 1.165) is 24.5 Å². The fourth-order valence-corrected chi connectivity index (χ4v) is 3.10. The maximum absolute atomic E-state index is 13.5. The van der Waals surface area contributed by atoms with Crippen molar-refractivity contribution in [3.05, 3.63) is 47.4 Å². The molecule has 1 aromatic carbocycles. The van der Waals surface area contributed by atoms with E-state index in [2.05, 4.69) is 10.2 Å². The van der Waals surface area contributed by atoms with Gasteiger partial charge in [0.2, 0.25) is 0 Å². The first-order valence-electron chi connectivity index (χ1n) is 8.30. The maximum atomic E-state index is 13.5. The molecule has 0 spiro atoms. The van der Waals surface area contributed by atoms with Gasteiger partial charge in [-0.15, -0.1) is 0 Å². The van der Waals surface area contributed by atoms with Crippen molar-refractivity contribution < 1.29 is 18.3 Å². The Bertz CT molecular complexity index is 633. The second-order valence-corrected chi connectivity index (χ2v) is 6.93. The molecule has 0 radical (unpaired) electrons. The minimum absolute atomic E-state index is 0.00426. The van der Waals surface area contributed by atoms with Gasteiger partial charge >= 0.3 is 0 Å². The molecule has 24 heavy (non-hydrogen) atoms. The Balaban J connectivity index is 1.55. The zero-order chi connectivity index (χ0) is 17.3. The van der Waals surface area contributed by atoms with Crippen molar-refractivity contribution in [1.82, 2.24) is 10.2 Å². The van der Waals surface area contributed by atoms with Crippen LogP contribution in [0.4, 0.5) is 8.78 Å². The number of morpholine rings is 1. The first-order valence-corrected chi connectivity index (χ1v) is 8.30. The Kier molecular flexibility index (Phi) is 4.78. The van der Waals surface area contributed by atoms with E-state index >= 15 is 0 Å². The van der Waals surface area contributed by atoms with Crippen molar-refractivity contribution >= 4 is 0 Å². The molecule has 2 aliphatic heterocycles. The van der Waals surface area contributed by atoms with Crippen LogP contribution in [0.2, 0.25) is 0 Å². The van der Waals surface area contributed by atoms with Crippen molar-refractivity contribution in [3.8, 4) is 0 Å². The van der Waals surface area contributed by atoms with Crippen molar-refractivity contribution in [3.63, 3.8) is 0 Å². The van der Waals surface area contributed by atoms with Crippen LogP contribution in [-0.4, -0.2) is 42.8 Å². The molecule has 132 valence electrons. The molecule has 6 heteroatoms. The Morgan fingerprint density at radius 2 is 2.08 bits per heavy atom. The van der Waals surface area contributed by atoms with E-state index < -0.39 is 11.6 Å². The van der Waals surface area contributed by atoms with Gasteiger partial charge in [0.1, 0.15) is 5.60 Å². The quantitative estimate of drug-likeness (QED) is 0.895. The lowest BCUT2D eigenvalue weighted by Gasteiger charge is -2.39. The number of nitrogens with zero attached hydrogens (tertiary/aromatic N) is 1. The Labute approximate surface area is 141 Å². The van der Waals surface area contributed by atoms with Gasteiger partial charge in [-0.2, -0.15) is 0 Å². The molecule has 1 saturated heterocycles. The average Bonchev–Trinajstić information content (AvgIpc) is 2.53. The third kappa shape index (κ3) is 3.87. The molecular weight excluding hydrogens is 314 g/mol. The molecule has 2 atom stereocenters. The molecule has 1 fully saturated rings. The van der Waals surface area contributed by atoms with Crippen LogP contribution in [0.1, 0.15) is 32.4 Å². The molecule has 2 aliphatic rings. The maximum Gasteiger partial charge on any atom is 0.187 e. The van der Waals surface area contributed by atoms with Gasteiger partial charge in [-0.05, 0) is 38.5 Å². The normalized spacial score (nSPS) is 24.5. The summed E-state index contributed by atoms with van der Waals surface area (Å²) in [4.78, 5) is 2.22. The first-order chi connectivity index (χ1) is 11.3. The third-order valence-corrected chi connectivity index (χ3v) is 4.50. The van der Waals surface area contributed by atoms with E-state index in [9.17, 15) is 8.78 Å². The Morgan fingerprint density at radius 1 is 1.33 bits per heavy atom. The highest BCUT2D eigenvalue weighted by Crippen LogP contribution is 2.27. The highest BCUT2D eigenvalue weighted by Gasteiger charge is 2.30. The summed E-state index contributed by atoms with van der Waals surface area (Å²) >= 11 is 0. The lowest BCUT2D eigenvalue weighted by atomic mass is 10.0. The van der Waals surface area contributed by atoms with Gasteiger partial charge in [-0.1, -0.05) is 6.07 Å². The largest absolute Gasteiger partial charge is 0.469 e. The van der Waals surface area contributed by atoms with Crippen molar-refractivity contribution in [2.75, 3.05) is 26.2 Å². The lowest BCUT2D eigenvalue weighted by Crippen LogP contribution is -2.48. The van der Waals surface area contributed by atoms with Gasteiger partial charge in [-0.25, -0.2) is 8.78 Å². The summed E-state index contributed by atoms with van der Waals surface area (Å²) in [6, 6.07) is 4.10. The topological polar surface area (TPSA) is 33.7 Å². The first kappa shape index (κ1) is 17.2. The number of benzene rings is 1. The third-order valence-electron chi connectivity index (χ3n) is 4.50. The van der Waals surface area contributed by atoms with E-state index in [1.165, 1.54) is 12.1 Å². The van der Waals surface area contributed by atoms with Crippen LogP contribution >= 0.6 is 0 Å². The molecule has 1 aromatic rings. The zero-order valence-corrected chi connectivity index (χ0v) is 14.3. The van der Waals surface area contributed by atoms with Crippen LogP contribution in [0.15, 0.2) is 30.2 Å². The van der Waals surface area contributed by atoms with E-state index in [0.29, 0.717) is 13.2 Å². The van der Waals surface area contributed by atoms with Gasteiger partial charge in [-0.3, -0.25) is 4.90 Å². The minimum Gasteiger partial charge on any atom is -0.469 e.